The fourth-order valence-corrected chi connectivity index (χ4v) is 1.45. The summed E-state index contributed by atoms with van der Waals surface area (Å²) in [5, 5.41) is 0.532. The first kappa shape index (κ1) is 10.2. The summed E-state index contributed by atoms with van der Waals surface area (Å²) in [6.07, 6.45) is 0.704. The second-order valence-electron chi connectivity index (χ2n) is 3.36. The van der Waals surface area contributed by atoms with E-state index >= 15 is 0 Å². The van der Waals surface area contributed by atoms with Crippen LogP contribution in [0.2, 0.25) is 6.32 Å². The molecule has 0 aliphatic carbocycles. The zero-order chi connectivity index (χ0) is 10.8. The van der Waals surface area contributed by atoms with Gasteiger partial charge in [-0.15, -0.1) is 5.06 Å². The molecule has 2 fully saturated rings. The molecule has 1 unspecified atom stereocenters. The third-order valence-electron chi connectivity index (χ3n) is 2.26. The predicted octanol–water partition coefficient (Wildman–Crippen LogP) is -0.580. The van der Waals surface area contributed by atoms with Crippen molar-refractivity contribution in [3.8, 4) is 0 Å². The van der Waals surface area contributed by atoms with Crippen LogP contribution in [0, 0.1) is 0 Å². The van der Waals surface area contributed by atoms with E-state index in [4.69, 9.17) is 4.65 Å². The van der Waals surface area contributed by atoms with Gasteiger partial charge >= 0.3 is 5.97 Å². The van der Waals surface area contributed by atoms with Crippen LogP contribution in [0.1, 0.15) is 19.3 Å². The Hall–Kier alpha value is -1.37. The summed E-state index contributed by atoms with van der Waals surface area (Å²) >= 11 is 0. The van der Waals surface area contributed by atoms with Gasteiger partial charge in [0.2, 0.25) is 0 Å². The number of hydrogen-bond donors (Lipinski definition) is 0. The first-order valence-corrected chi connectivity index (χ1v) is 4.73. The van der Waals surface area contributed by atoms with Crippen molar-refractivity contribution in [3.05, 3.63) is 0 Å². The zero-order valence-electron chi connectivity index (χ0n) is 7.97. The number of hydrogen-bond acceptors (Lipinski definition) is 5. The summed E-state index contributed by atoms with van der Waals surface area (Å²) < 4.78 is 4.95. The molecule has 0 bridgehead atoms. The van der Waals surface area contributed by atoms with Crippen molar-refractivity contribution in [2.24, 2.45) is 0 Å². The van der Waals surface area contributed by atoms with Crippen LogP contribution in [0.3, 0.4) is 0 Å². The molecule has 2 heterocycles. The Morgan fingerprint density at radius 2 is 2.07 bits per heavy atom. The van der Waals surface area contributed by atoms with Crippen LogP contribution < -0.4 is 0 Å². The van der Waals surface area contributed by atoms with Gasteiger partial charge in [-0.2, -0.15) is 0 Å². The smallest absolute Gasteiger partial charge is 0.359 e. The lowest BCUT2D eigenvalue weighted by Gasteiger charge is -2.15. The van der Waals surface area contributed by atoms with Gasteiger partial charge in [0, 0.05) is 12.8 Å². The largest absolute Gasteiger partial charge is 0.429 e. The molecule has 0 aromatic carbocycles. The Balaban J connectivity index is 1.93. The van der Waals surface area contributed by atoms with E-state index in [0.29, 0.717) is 17.8 Å². The minimum absolute atomic E-state index is 0.101. The van der Waals surface area contributed by atoms with E-state index in [1.807, 2.05) is 0 Å². The number of imide groups is 1. The molecule has 0 saturated carbocycles. The summed E-state index contributed by atoms with van der Waals surface area (Å²) in [5.41, 5.74) is 0. The Labute approximate surface area is 86.7 Å². The summed E-state index contributed by atoms with van der Waals surface area (Å²) in [6, 6.07) is 0. The van der Waals surface area contributed by atoms with Gasteiger partial charge in [0.15, 0.2) is 0 Å². The fraction of sp³-hybridized carbons (Fsp3) is 0.625. The van der Waals surface area contributed by atoms with Crippen LogP contribution in [0.5, 0.6) is 0 Å². The second kappa shape index (κ2) is 4.02. The molecule has 0 N–H and O–H groups in total. The molecular formula is C8H9BNO5. The van der Waals surface area contributed by atoms with E-state index in [2.05, 4.69) is 4.84 Å². The van der Waals surface area contributed by atoms with E-state index in [0.717, 1.165) is 0 Å². The molecule has 7 heteroatoms. The molecule has 2 amide bonds. The highest BCUT2D eigenvalue weighted by atomic mass is 16.7. The van der Waals surface area contributed by atoms with Crippen LogP contribution in [0.15, 0.2) is 0 Å². The molecule has 0 aromatic rings. The summed E-state index contributed by atoms with van der Waals surface area (Å²) in [4.78, 5) is 38.3. The maximum absolute atomic E-state index is 11.4. The second-order valence-corrected chi connectivity index (χ2v) is 3.36. The minimum Gasteiger partial charge on any atom is -0.429 e. The quantitative estimate of drug-likeness (QED) is 0.450. The summed E-state index contributed by atoms with van der Waals surface area (Å²) in [5.74, 6) is -1.64. The van der Waals surface area contributed by atoms with Crippen LogP contribution in [0.25, 0.3) is 0 Å². The highest BCUT2D eigenvalue weighted by Crippen LogP contribution is 2.17. The first-order chi connectivity index (χ1) is 7.18. The zero-order valence-corrected chi connectivity index (χ0v) is 7.97. The average Bonchev–Trinajstić information content (AvgIpc) is 2.82. The van der Waals surface area contributed by atoms with Gasteiger partial charge in [0.05, 0.1) is 0 Å². The van der Waals surface area contributed by atoms with Gasteiger partial charge in [-0.05, 0) is 12.7 Å². The van der Waals surface area contributed by atoms with E-state index in [1.165, 1.54) is 7.48 Å². The van der Waals surface area contributed by atoms with Crippen molar-refractivity contribution in [1.82, 2.24) is 5.06 Å². The Morgan fingerprint density at radius 3 is 2.60 bits per heavy atom. The van der Waals surface area contributed by atoms with Crippen molar-refractivity contribution in [1.29, 1.82) is 0 Å². The van der Waals surface area contributed by atoms with Crippen molar-refractivity contribution in [3.63, 3.8) is 0 Å². The molecule has 0 spiro atoms. The number of hydroxylamine groups is 2. The lowest BCUT2D eigenvalue weighted by atomic mass is 9.97. The van der Waals surface area contributed by atoms with Gasteiger partial charge in [0.1, 0.15) is 6.10 Å². The summed E-state index contributed by atoms with van der Waals surface area (Å²) in [6.45, 7) is 0. The van der Waals surface area contributed by atoms with E-state index in [-0.39, 0.29) is 12.8 Å². The first-order valence-electron chi connectivity index (χ1n) is 4.73. The molecule has 79 valence electrons. The molecule has 2 saturated heterocycles. The van der Waals surface area contributed by atoms with E-state index in [1.54, 1.807) is 0 Å². The monoisotopic (exact) mass is 210 g/mol. The standard InChI is InChI=1S/C8H9BNO5/c11-6-1-2-7(12)10(6)15-8(13)5-3-4-9-14-5/h5H,1-4H2. The molecule has 1 atom stereocenters. The van der Waals surface area contributed by atoms with Crippen molar-refractivity contribution in [2.45, 2.75) is 31.7 Å². The highest BCUT2D eigenvalue weighted by Gasteiger charge is 2.35. The van der Waals surface area contributed by atoms with Crippen LogP contribution >= 0.6 is 0 Å². The third-order valence-corrected chi connectivity index (χ3v) is 2.26. The number of amides is 2. The van der Waals surface area contributed by atoms with E-state index < -0.39 is 23.9 Å². The van der Waals surface area contributed by atoms with Crippen LogP contribution in [-0.4, -0.2) is 36.4 Å². The lowest BCUT2D eigenvalue weighted by molar-refractivity contribution is -0.202. The Bertz CT molecular complexity index is 296. The molecule has 0 aromatic heterocycles. The van der Waals surface area contributed by atoms with E-state index in [9.17, 15) is 14.4 Å². The van der Waals surface area contributed by atoms with Crippen LogP contribution in [0.4, 0.5) is 0 Å². The number of carbonyl (C=O) groups excluding carboxylic acids is 3. The molecule has 2 aliphatic rings. The molecule has 1 radical (unpaired) electrons. The van der Waals surface area contributed by atoms with Crippen LogP contribution in [-0.2, 0) is 23.9 Å². The number of carbonyl (C=O) groups is 3. The SMILES string of the molecule is O=C(ON1C(=O)CCC1=O)C1CC[B]O1. The van der Waals surface area contributed by atoms with Gasteiger partial charge in [-0.1, -0.05) is 0 Å². The maximum Gasteiger partial charge on any atom is 0.359 e. The Kier molecular flexibility index (Phi) is 2.72. The normalized spacial score (nSPS) is 25.6. The third kappa shape index (κ3) is 2.01. The maximum atomic E-state index is 11.4. The fourth-order valence-electron chi connectivity index (χ4n) is 1.45. The van der Waals surface area contributed by atoms with Gasteiger partial charge in [-0.3, -0.25) is 9.59 Å². The number of rotatable bonds is 2. The predicted molar refractivity (Wildman–Crippen MR) is 47.2 cm³/mol. The van der Waals surface area contributed by atoms with Crippen molar-refractivity contribution >= 4 is 25.3 Å². The molecule has 2 aliphatic heterocycles. The average molecular weight is 210 g/mol. The topological polar surface area (TPSA) is 72.9 Å². The molecule has 15 heavy (non-hydrogen) atoms. The van der Waals surface area contributed by atoms with Crippen molar-refractivity contribution in [2.75, 3.05) is 0 Å². The van der Waals surface area contributed by atoms with Crippen molar-refractivity contribution < 1.29 is 23.9 Å². The Morgan fingerprint density at radius 1 is 1.40 bits per heavy atom. The van der Waals surface area contributed by atoms with Gasteiger partial charge in [-0.25, -0.2) is 4.79 Å². The molecular weight excluding hydrogens is 201 g/mol. The summed E-state index contributed by atoms with van der Waals surface area (Å²) in [7, 11) is 1.51. The molecule has 6 nitrogen and oxygen atoms in total. The van der Waals surface area contributed by atoms with Gasteiger partial charge < -0.3 is 9.49 Å². The van der Waals surface area contributed by atoms with Gasteiger partial charge in [0.25, 0.3) is 19.3 Å². The number of nitrogens with zero attached hydrogens (tertiary/aromatic N) is 1. The minimum atomic E-state index is -0.689. The highest BCUT2D eigenvalue weighted by molar-refractivity contribution is 6.28. The molecule has 2 rings (SSSR count). The lowest BCUT2D eigenvalue weighted by Crippen LogP contribution is -2.36.